The Bertz CT molecular complexity index is 963. The summed E-state index contributed by atoms with van der Waals surface area (Å²) in [7, 11) is 0. The lowest BCUT2D eigenvalue weighted by molar-refractivity contribution is -0.104. The first-order chi connectivity index (χ1) is 12.1. The molecule has 5 heteroatoms. The molecule has 3 nitrogen and oxygen atoms in total. The second-order valence-electron chi connectivity index (χ2n) is 5.51. The number of halogens is 2. The zero-order chi connectivity index (χ0) is 18.0. The van der Waals surface area contributed by atoms with Crippen LogP contribution in [0, 0.1) is 0 Å². The van der Waals surface area contributed by atoms with Crippen LogP contribution in [-0.4, -0.2) is 17.1 Å². The monoisotopic (exact) mass is 371 g/mol. The van der Waals surface area contributed by atoms with Gasteiger partial charge in [0.2, 0.25) is 0 Å². The lowest BCUT2D eigenvalue weighted by Gasteiger charge is -2.04. The zero-order valence-corrected chi connectivity index (χ0v) is 15.0. The normalized spacial score (nSPS) is 12.8. The van der Waals surface area contributed by atoms with E-state index in [0.29, 0.717) is 22.6 Å². The van der Waals surface area contributed by atoms with E-state index < -0.39 is 0 Å². The van der Waals surface area contributed by atoms with Crippen LogP contribution in [0.4, 0.5) is 0 Å². The summed E-state index contributed by atoms with van der Waals surface area (Å²) < 4.78 is 2.20. The number of carbonyl (C=O) groups is 2. The van der Waals surface area contributed by atoms with Gasteiger partial charge in [0, 0.05) is 28.4 Å². The lowest BCUT2D eigenvalue weighted by atomic mass is 10.1. The van der Waals surface area contributed by atoms with Crippen LogP contribution in [0.3, 0.4) is 0 Å². The summed E-state index contributed by atoms with van der Waals surface area (Å²) in [6.45, 7) is 2.90. The van der Waals surface area contributed by atoms with Gasteiger partial charge in [0.1, 0.15) is 12.6 Å². The van der Waals surface area contributed by atoms with E-state index in [9.17, 15) is 9.59 Å². The number of carbonyl (C=O) groups excluding carboxylic acids is 2. The van der Waals surface area contributed by atoms with Crippen molar-refractivity contribution in [1.82, 2.24) is 4.57 Å². The maximum Gasteiger partial charge on any atom is 0.144 e. The topological polar surface area (TPSA) is 39.1 Å². The molecule has 1 heterocycles. The van der Waals surface area contributed by atoms with Gasteiger partial charge in [-0.2, -0.15) is 0 Å². The number of hydrogen-bond acceptors (Lipinski definition) is 2. The molecule has 0 saturated heterocycles. The third kappa shape index (κ3) is 3.13. The highest BCUT2D eigenvalue weighted by Gasteiger charge is 2.12. The Hall–Kier alpha value is -2.36. The summed E-state index contributed by atoms with van der Waals surface area (Å²) in [6.07, 6.45) is 4.00. The second-order valence-corrected chi connectivity index (χ2v) is 6.32. The molecule has 126 valence electrons. The smallest absolute Gasteiger partial charge is 0.144 e. The van der Waals surface area contributed by atoms with E-state index in [2.05, 4.69) is 11.5 Å². The molecule has 0 fully saturated rings. The fourth-order valence-corrected chi connectivity index (χ4v) is 3.39. The SMILES string of the molecule is CCn1c2ccc(C(Cl)=CC=O)cc2c2cc(C(Cl)=CC=O)ccc21. The summed E-state index contributed by atoms with van der Waals surface area (Å²) >= 11 is 12.4. The van der Waals surface area contributed by atoms with Crippen molar-refractivity contribution >= 4 is 67.6 Å². The minimum absolute atomic E-state index is 0.393. The summed E-state index contributed by atoms with van der Waals surface area (Å²) in [4.78, 5) is 21.4. The predicted octanol–water partition coefficient (Wildman–Crippen LogP) is 5.37. The van der Waals surface area contributed by atoms with E-state index in [0.717, 1.165) is 39.5 Å². The minimum atomic E-state index is 0.393. The van der Waals surface area contributed by atoms with Crippen molar-refractivity contribution in [1.29, 1.82) is 0 Å². The third-order valence-electron chi connectivity index (χ3n) is 4.16. The molecule has 0 N–H and O–H groups in total. The van der Waals surface area contributed by atoms with Crippen molar-refractivity contribution in [2.75, 3.05) is 0 Å². The van der Waals surface area contributed by atoms with E-state index in [1.54, 1.807) is 0 Å². The molecule has 0 spiro atoms. The van der Waals surface area contributed by atoms with Gasteiger partial charge in [0.25, 0.3) is 0 Å². The molecule has 3 aromatic rings. The van der Waals surface area contributed by atoms with Crippen LogP contribution >= 0.6 is 23.2 Å². The van der Waals surface area contributed by atoms with Gasteiger partial charge in [-0.25, -0.2) is 0 Å². The standard InChI is InChI=1S/C20H15Cl2NO2/c1-2-23-19-5-3-13(17(21)7-9-24)11-15(19)16-12-14(4-6-20(16)23)18(22)8-10-25/h3-12H,2H2,1H3. The molecule has 0 bridgehead atoms. The van der Waals surface area contributed by atoms with E-state index in [1.807, 2.05) is 36.4 Å². The van der Waals surface area contributed by atoms with Crippen molar-refractivity contribution in [3.8, 4) is 0 Å². The maximum absolute atomic E-state index is 10.7. The van der Waals surface area contributed by atoms with Crippen molar-refractivity contribution in [2.45, 2.75) is 13.5 Å². The number of aromatic nitrogens is 1. The van der Waals surface area contributed by atoms with Crippen molar-refractivity contribution in [3.63, 3.8) is 0 Å². The molecule has 0 aliphatic rings. The molecule has 3 rings (SSSR count). The van der Waals surface area contributed by atoms with Gasteiger partial charge in [0.15, 0.2) is 0 Å². The van der Waals surface area contributed by atoms with Crippen LogP contribution < -0.4 is 0 Å². The van der Waals surface area contributed by atoms with Crippen LogP contribution in [0.1, 0.15) is 18.1 Å². The molecule has 0 atom stereocenters. The fourth-order valence-electron chi connectivity index (χ4n) is 3.05. The number of aryl methyl sites for hydroxylation is 1. The molecule has 2 aromatic carbocycles. The first-order valence-corrected chi connectivity index (χ1v) is 8.55. The second kappa shape index (κ2) is 7.26. The number of rotatable bonds is 5. The minimum Gasteiger partial charge on any atom is -0.341 e. The molecule has 0 aliphatic heterocycles. The first-order valence-electron chi connectivity index (χ1n) is 7.79. The maximum atomic E-state index is 10.7. The molecule has 0 radical (unpaired) electrons. The third-order valence-corrected chi connectivity index (χ3v) is 4.85. The van der Waals surface area contributed by atoms with Crippen molar-refractivity contribution in [2.24, 2.45) is 0 Å². The number of nitrogens with zero attached hydrogens (tertiary/aromatic N) is 1. The van der Waals surface area contributed by atoms with Gasteiger partial charge in [-0.1, -0.05) is 35.3 Å². The van der Waals surface area contributed by atoms with E-state index in [4.69, 9.17) is 23.2 Å². The molecule has 25 heavy (non-hydrogen) atoms. The zero-order valence-electron chi connectivity index (χ0n) is 13.5. The van der Waals surface area contributed by atoms with Crippen LogP contribution in [0.5, 0.6) is 0 Å². The average Bonchev–Trinajstić information content (AvgIpc) is 2.94. The Morgan fingerprint density at radius 1 is 0.880 bits per heavy atom. The Morgan fingerprint density at radius 2 is 1.32 bits per heavy atom. The number of fused-ring (bicyclic) bond motifs is 3. The van der Waals surface area contributed by atoms with Crippen molar-refractivity contribution < 1.29 is 9.59 Å². The van der Waals surface area contributed by atoms with Crippen LogP contribution in [0.25, 0.3) is 31.9 Å². The van der Waals surface area contributed by atoms with Gasteiger partial charge in [-0.3, -0.25) is 9.59 Å². The largest absolute Gasteiger partial charge is 0.341 e. The molecule has 0 unspecified atom stereocenters. The van der Waals surface area contributed by atoms with Crippen LogP contribution in [-0.2, 0) is 16.1 Å². The summed E-state index contributed by atoms with van der Waals surface area (Å²) in [5, 5.41) is 2.82. The van der Waals surface area contributed by atoms with E-state index in [1.165, 1.54) is 12.2 Å². The number of aldehydes is 2. The lowest BCUT2D eigenvalue weighted by Crippen LogP contribution is -1.93. The quantitative estimate of drug-likeness (QED) is 0.446. The Balaban J connectivity index is 2.34. The van der Waals surface area contributed by atoms with Crippen molar-refractivity contribution in [3.05, 3.63) is 59.7 Å². The van der Waals surface area contributed by atoms with E-state index in [-0.39, 0.29) is 0 Å². The van der Waals surface area contributed by atoms with E-state index >= 15 is 0 Å². The van der Waals surface area contributed by atoms with Gasteiger partial charge in [-0.05, 0) is 54.5 Å². The van der Waals surface area contributed by atoms with Crippen LogP contribution in [0.2, 0.25) is 0 Å². The Morgan fingerprint density at radius 3 is 1.68 bits per heavy atom. The van der Waals surface area contributed by atoms with Gasteiger partial charge >= 0.3 is 0 Å². The highest BCUT2D eigenvalue weighted by atomic mass is 35.5. The van der Waals surface area contributed by atoms with Gasteiger partial charge in [-0.15, -0.1) is 0 Å². The summed E-state index contributed by atoms with van der Waals surface area (Å²) in [5.74, 6) is 0. The molecule has 1 aromatic heterocycles. The Kier molecular flexibility index (Phi) is 5.07. The predicted molar refractivity (Wildman–Crippen MR) is 105 cm³/mol. The molecule has 0 saturated carbocycles. The number of hydrogen-bond donors (Lipinski definition) is 0. The van der Waals surface area contributed by atoms with Gasteiger partial charge < -0.3 is 4.57 Å². The summed E-state index contributed by atoms with van der Waals surface area (Å²) in [5.41, 5.74) is 3.70. The highest BCUT2D eigenvalue weighted by molar-refractivity contribution is 6.50. The van der Waals surface area contributed by atoms with Gasteiger partial charge in [0.05, 0.1) is 10.1 Å². The summed E-state index contributed by atoms with van der Waals surface area (Å²) in [6, 6.07) is 11.7. The Labute approximate surface area is 155 Å². The molecular weight excluding hydrogens is 357 g/mol. The number of allylic oxidation sites excluding steroid dienone is 2. The van der Waals surface area contributed by atoms with Crippen LogP contribution in [0.15, 0.2) is 48.6 Å². The molecular formula is C20H15Cl2NO2. The fraction of sp³-hybridized carbons (Fsp3) is 0.100. The average molecular weight is 372 g/mol. The number of benzene rings is 2. The first kappa shape index (κ1) is 17.5. The molecule has 0 amide bonds. The highest BCUT2D eigenvalue weighted by Crippen LogP contribution is 2.34. The molecule has 0 aliphatic carbocycles.